The maximum absolute atomic E-state index is 12.3. The van der Waals surface area contributed by atoms with Gasteiger partial charge >= 0.3 is 29.6 Å². The number of hydrogen-bond acceptors (Lipinski definition) is 4. The molecule has 0 spiro atoms. The third-order valence-corrected chi connectivity index (χ3v) is 4.92. The molecule has 2 aromatic rings. The first-order valence-corrected chi connectivity index (χ1v) is 8.81. The molecular weight excluding hydrogens is 353 g/mol. The van der Waals surface area contributed by atoms with Crippen molar-refractivity contribution in [3.63, 3.8) is 0 Å². The van der Waals surface area contributed by atoms with E-state index < -0.39 is 26.7 Å². The summed E-state index contributed by atoms with van der Waals surface area (Å²) in [5.74, 6) is -1.48. The second-order valence-electron chi connectivity index (χ2n) is 5.50. The van der Waals surface area contributed by atoms with Crippen LogP contribution in [0.4, 0.5) is 5.69 Å². The number of nitrogens with zero attached hydrogens (tertiary/aromatic N) is 1. The number of rotatable bonds is 4. The Hall–Kier alpha value is -1.51. The van der Waals surface area contributed by atoms with Crippen molar-refractivity contribution in [1.82, 2.24) is 0 Å². The van der Waals surface area contributed by atoms with E-state index in [1.165, 1.54) is 17.0 Å². The van der Waals surface area contributed by atoms with E-state index in [0.717, 1.165) is 23.6 Å². The van der Waals surface area contributed by atoms with Crippen molar-refractivity contribution >= 4 is 57.1 Å². The molecule has 0 radical (unpaired) electrons. The van der Waals surface area contributed by atoms with E-state index in [9.17, 15) is 18.0 Å². The van der Waals surface area contributed by atoms with E-state index in [4.69, 9.17) is 4.55 Å². The van der Waals surface area contributed by atoms with Gasteiger partial charge in [-0.2, -0.15) is 8.42 Å². The van der Waals surface area contributed by atoms with Gasteiger partial charge in [-0.1, -0.05) is 31.2 Å². The van der Waals surface area contributed by atoms with Gasteiger partial charge in [0, 0.05) is 0 Å². The molecule has 0 saturated heterocycles. The van der Waals surface area contributed by atoms with Crippen LogP contribution in [-0.2, 0) is 27.9 Å². The van der Waals surface area contributed by atoms with Gasteiger partial charge in [0.15, 0.2) is 0 Å². The zero-order chi connectivity index (χ0) is 17.5. The number of carbonyl (C=O) groups excluding carboxylic acids is 2. The number of Topliss-reactive ketones (excluding diaryl/α,β-unsaturated/α-hetero) is 1. The summed E-state index contributed by atoms with van der Waals surface area (Å²) in [5, 5.41) is 0. The van der Waals surface area contributed by atoms with E-state index in [1.807, 2.05) is 31.2 Å². The fourth-order valence-electron chi connectivity index (χ4n) is 2.82. The van der Waals surface area contributed by atoms with E-state index >= 15 is 0 Å². The van der Waals surface area contributed by atoms with Crippen molar-refractivity contribution in [2.24, 2.45) is 0 Å². The summed E-state index contributed by atoms with van der Waals surface area (Å²) < 4.78 is 31.5. The van der Waals surface area contributed by atoms with Crippen molar-refractivity contribution in [3.05, 3.63) is 59.2 Å². The molecule has 1 aliphatic heterocycles. The zero-order valence-corrected chi connectivity index (χ0v) is 13.7. The predicted molar refractivity (Wildman–Crippen MR) is 94.7 cm³/mol. The molecule has 126 valence electrons. The van der Waals surface area contributed by atoms with Gasteiger partial charge in [0.1, 0.15) is 0 Å². The van der Waals surface area contributed by atoms with Crippen molar-refractivity contribution in [1.29, 1.82) is 0 Å². The molecule has 0 aromatic heterocycles. The summed E-state index contributed by atoms with van der Waals surface area (Å²) in [5.41, 5.74) is 2.33. The molecule has 0 aliphatic carbocycles. The van der Waals surface area contributed by atoms with Crippen LogP contribution in [0.5, 0.6) is 0 Å². The molecule has 2 aromatic carbocycles. The second-order valence-corrected chi connectivity index (χ2v) is 6.92. The van der Waals surface area contributed by atoms with Crippen LogP contribution in [0, 0.1) is 0 Å². The van der Waals surface area contributed by atoms with Crippen LogP contribution < -0.4 is 4.90 Å². The van der Waals surface area contributed by atoms with E-state index in [2.05, 4.69) is 0 Å². The predicted octanol–water partition coefficient (Wildman–Crippen LogP) is 1.58. The van der Waals surface area contributed by atoms with Crippen LogP contribution >= 0.6 is 0 Å². The van der Waals surface area contributed by atoms with E-state index in [0.29, 0.717) is 5.69 Å². The van der Waals surface area contributed by atoms with Crippen molar-refractivity contribution in [2.45, 2.75) is 24.8 Å². The zero-order valence-electron chi connectivity index (χ0n) is 12.9. The van der Waals surface area contributed by atoms with E-state index in [1.54, 1.807) is 0 Å². The first-order valence-electron chi connectivity index (χ1n) is 7.37. The molecule has 0 bridgehead atoms. The summed E-state index contributed by atoms with van der Waals surface area (Å²) in [6.07, 6.45) is 0.792. The molecule has 0 unspecified atom stereocenters. The Morgan fingerprint density at radius 1 is 1.04 bits per heavy atom. The minimum atomic E-state index is -4.43. The van der Waals surface area contributed by atoms with E-state index in [-0.39, 0.29) is 41.7 Å². The average molecular weight is 369 g/mol. The fraction of sp³-hybridized carbons (Fsp3) is 0.176. The van der Waals surface area contributed by atoms with Crippen LogP contribution in [0.15, 0.2) is 47.4 Å². The Morgan fingerprint density at radius 3 is 2.28 bits per heavy atom. The maximum atomic E-state index is 12.3. The first-order chi connectivity index (χ1) is 11.3. The number of fused-ring (bicyclic) bond motifs is 1. The topological polar surface area (TPSA) is 91.8 Å². The number of aryl methyl sites for hydroxylation is 1. The monoisotopic (exact) mass is 369 g/mol. The Labute approximate surface area is 167 Å². The van der Waals surface area contributed by atoms with Crippen molar-refractivity contribution < 1.29 is 22.6 Å². The number of amides is 1. The van der Waals surface area contributed by atoms with Gasteiger partial charge in [0.05, 0.1) is 22.7 Å². The Balaban J connectivity index is 0.00000225. The van der Waals surface area contributed by atoms with Gasteiger partial charge in [-0.25, -0.2) is 0 Å². The third kappa shape index (κ3) is 3.70. The fourth-order valence-corrected chi connectivity index (χ4v) is 3.33. The van der Waals surface area contributed by atoms with Crippen LogP contribution in [0.2, 0.25) is 0 Å². The van der Waals surface area contributed by atoms with Gasteiger partial charge in [0.2, 0.25) is 0 Å². The standard InChI is InChI=1S/C17H15NO5S.Na.H/c1-2-11-5-3-4-6-12(11)10-18-15-8-7-13(24(21,22)23)9-14(15)16(19)17(18)20;;/h3-9H,2,10H2,1H3,(H,21,22,23);;. The van der Waals surface area contributed by atoms with Gasteiger partial charge in [-0.15, -0.1) is 0 Å². The quantitative estimate of drug-likeness (QED) is 0.502. The Bertz CT molecular complexity index is 955. The van der Waals surface area contributed by atoms with Crippen LogP contribution in [0.3, 0.4) is 0 Å². The number of anilines is 1. The number of ketones is 1. The molecule has 0 fully saturated rings. The minimum absolute atomic E-state index is 0. The summed E-state index contributed by atoms with van der Waals surface area (Å²) in [6, 6.07) is 11.2. The molecule has 1 aliphatic rings. The normalized spacial score (nSPS) is 13.6. The molecule has 3 rings (SSSR count). The second kappa shape index (κ2) is 7.39. The summed E-state index contributed by atoms with van der Waals surface area (Å²) >= 11 is 0. The average Bonchev–Trinajstić information content (AvgIpc) is 2.79. The van der Waals surface area contributed by atoms with Gasteiger partial charge in [-0.05, 0) is 35.7 Å². The molecule has 0 atom stereocenters. The molecule has 0 saturated carbocycles. The SMILES string of the molecule is CCc1ccccc1CN1C(=O)C(=O)c2cc(S(=O)(=O)O)ccc21.[NaH]. The molecular formula is C17H16NNaO5S. The van der Waals surface area contributed by atoms with Crippen LogP contribution in [0.1, 0.15) is 28.4 Å². The molecule has 6 nitrogen and oxygen atoms in total. The van der Waals surface area contributed by atoms with Crippen LogP contribution in [-0.4, -0.2) is 54.2 Å². The molecule has 1 heterocycles. The molecule has 1 N–H and O–H groups in total. The number of benzene rings is 2. The van der Waals surface area contributed by atoms with Crippen molar-refractivity contribution in [3.8, 4) is 0 Å². The van der Waals surface area contributed by atoms with Crippen molar-refractivity contribution in [2.75, 3.05) is 4.90 Å². The molecule has 25 heavy (non-hydrogen) atoms. The number of hydrogen-bond donors (Lipinski definition) is 1. The Kier molecular flexibility index (Phi) is 5.86. The van der Waals surface area contributed by atoms with Gasteiger partial charge in [-0.3, -0.25) is 14.1 Å². The summed E-state index contributed by atoms with van der Waals surface area (Å²) in [6.45, 7) is 2.23. The summed E-state index contributed by atoms with van der Waals surface area (Å²) in [4.78, 5) is 25.4. The summed E-state index contributed by atoms with van der Waals surface area (Å²) in [7, 11) is -4.43. The third-order valence-electron chi connectivity index (χ3n) is 4.07. The van der Waals surface area contributed by atoms with Crippen LogP contribution in [0.25, 0.3) is 0 Å². The number of carbonyl (C=O) groups is 2. The molecule has 8 heteroatoms. The Morgan fingerprint density at radius 2 is 1.68 bits per heavy atom. The molecule has 1 amide bonds. The first kappa shape index (κ1) is 19.8. The van der Waals surface area contributed by atoms with Gasteiger partial charge < -0.3 is 4.90 Å². The van der Waals surface area contributed by atoms with Gasteiger partial charge in [0.25, 0.3) is 21.8 Å².